The van der Waals surface area contributed by atoms with Gasteiger partial charge < -0.3 is 25.2 Å². The van der Waals surface area contributed by atoms with Crippen molar-refractivity contribution in [2.24, 2.45) is 0 Å². The molecule has 2 aliphatic heterocycles. The predicted octanol–water partition coefficient (Wildman–Crippen LogP) is 5.09. The summed E-state index contributed by atoms with van der Waals surface area (Å²) < 4.78 is 7.26. The first-order valence-corrected chi connectivity index (χ1v) is 15.4. The molecule has 3 amide bonds. The van der Waals surface area contributed by atoms with E-state index in [1.165, 1.54) is 10.8 Å². The molecular formula is C31H40ClN7O4. The number of hydrogen-bond acceptors (Lipinski definition) is 7. The van der Waals surface area contributed by atoms with Crippen molar-refractivity contribution in [3.63, 3.8) is 0 Å². The Morgan fingerprint density at radius 1 is 1.05 bits per heavy atom. The number of anilines is 1. The summed E-state index contributed by atoms with van der Waals surface area (Å²) in [6.45, 7) is 10.0. The number of imidazole rings is 1. The highest BCUT2D eigenvalue weighted by Gasteiger charge is 2.32. The monoisotopic (exact) mass is 609 g/mol. The second kappa shape index (κ2) is 13.3. The summed E-state index contributed by atoms with van der Waals surface area (Å²) in [7, 11) is 0. The normalized spacial score (nSPS) is 19.9. The van der Waals surface area contributed by atoms with Crippen molar-refractivity contribution in [1.29, 1.82) is 0 Å². The molecule has 0 bridgehead atoms. The molecule has 1 aromatic carbocycles. The van der Waals surface area contributed by atoms with E-state index in [9.17, 15) is 14.4 Å². The lowest BCUT2D eigenvalue weighted by Crippen LogP contribution is -2.47. The van der Waals surface area contributed by atoms with E-state index in [0.717, 1.165) is 45.2 Å². The van der Waals surface area contributed by atoms with E-state index in [4.69, 9.17) is 16.3 Å². The third kappa shape index (κ3) is 7.10. The number of halogens is 1. The third-order valence-corrected chi connectivity index (χ3v) is 8.69. The van der Waals surface area contributed by atoms with Crippen LogP contribution in [0.2, 0.25) is 5.02 Å². The number of rotatable bonds is 7. The van der Waals surface area contributed by atoms with Crippen LogP contribution in [0.4, 0.5) is 10.6 Å². The maximum absolute atomic E-state index is 13.9. The van der Waals surface area contributed by atoms with Gasteiger partial charge in [0.15, 0.2) is 0 Å². The van der Waals surface area contributed by atoms with Crippen LogP contribution in [0, 0.1) is 0 Å². The summed E-state index contributed by atoms with van der Waals surface area (Å²) in [5.41, 5.74) is 1.29. The zero-order chi connectivity index (χ0) is 30.7. The second-order valence-corrected chi connectivity index (χ2v) is 12.3. The van der Waals surface area contributed by atoms with Crippen LogP contribution in [0.5, 0.6) is 6.01 Å². The van der Waals surface area contributed by atoms with Gasteiger partial charge in [0.05, 0.1) is 16.1 Å². The maximum Gasteiger partial charge on any atom is 0.415 e. The van der Waals surface area contributed by atoms with E-state index in [0.29, 0.717) is 33.5 Å². The molecule has 0 saturated carbocycles. The first kappa shape index (κ1) is 30.7. The number of benzene rings is 1. The van der Waals surface area contributed by atoms with Gasteiger partial charge in [-0.05, 0) is 84.1 Å². The molecule has 230 valence electrons. The highest BCUT2D eigenvalue weighted by atomic mass is 35.5. The van der Waals surface area contributed by atoms with Gasteiger partial charge in [-0.1, -0.05) is 17.7 Å². The summed E-state index contributed by atoms with van der Waals surface area (Å²) >= 11 is 5.93. The largest absolute Gasteiger partial charge is 0.415 e. The molecule has 2 saturated heterocycles. The Morgan fingerprint density at radius 3 is 2.42 bits per heavy atom. The van der Waals surface area contributed by atoms with Gasteiger partial charge in [-0.15, -0.1) is 0 Å². The first-order valence-electron chi connectivity index (χ1n) is 15.1. The first-order chi connectivity index (χ1) is 20.6. The van der Waals surface area contributed by atoms with Crippen LogP contribution in [-0.4, -0.2) is 79.5 Å². The average molecular weight is 610 g/mol. The lowest BCUT2D eigenvalue weighted by Gasteiger charge is -2.39. The molecule has 2 N–H and O–H groups in total. The van der Waals surface area contributed by atoms with Gasteiger partial charge >= 0.3 is 12.1 Å². The minimum atomic E-state index is -0.648. The number of ether oxygens (including phenoxy) is 1. The molecule has 4 heterocycles. The number of likely N-dealkylation sites (tertiary alicyclic amines) is 2. The maximum atomic E-state index is 13.9. The predicted molar refractivity (Wildman–Crippen MR) is 165 cm³/mol. The third-order valence-electron chi connectivity index (χ3n) is 8.46. The van der Waals surface area contributed by atoms with Crippen LogP contribution < -0.4 is 15.4 Å². The highest BCUT2D eigenvalue weighted by Crippen LogP contribution is 2.30. The Labute approximate surface area is 256 Å². The molecule has 0 spiro atoms. The van der Waals surface area contributed by atoms with E-state index in [1.54, 1.807) is 30.3 Å². The second-order valence-electron chi connectivity index (χ2n) is 11.8. The molecule has 2 fully saturated rings. The van der Waals surface area contributed by atoms with Crippen molar-refractivity contribution in [2.75, 3.05) is 18.4 Å². The number of amides is 3. The lowest BCUT2D eigenvalue weighted by molar-refractivity contribution is -0.116. The van der Waals surface area contributed by atoms with E-state index >= 15 is 0 Å². The smallest absolute Gasteiger partial charge is 0.375 e. The van der Waals surface area contributed by atoms with Crippen molar-refractivity contribution >= 4 is 46.4 Å². The quantitative estimate of drug-likeness (QED) is 0.383. The van der Waals surface area contributed by atoms with Gasteiger partial charge in [0.25, 0.3) is 5.91 Å². The molecule has 3 aromatic rings. The number of carbonyl (C=O) groups is 3. The number of pyridine rings is 1. The number of fused-ring (bicyclic) bond motifs is 1. The lowest BCUT2D eigenvalue weighted by atomic mass is 9.96. The van der Waals surface area contributed by atoms with Gasteiger partial charge in [-0.25, -0.2) is 9.78 Å². The summed E-state index contributed by atoms with van der Waals surface area (Å²) in [6.07, 6.45) is 5.36. The number of para-hydroxylation sites is 1. The van der Waals surface area contributed by atoms with E-state index in [2.05, 4.69) is 53.2 Å². The van der Waals surface area contributed by atoms with Crippen molar-refractivity contribution in [3.05, 3.63) is 47.1 Å². The van der Waals surface area contributed by atoms with E-state index in [1.807, 2.05) is 4.90 Å². The fourth-order valence-electron chi connectivity index (χ4n) is 6.10. The number of nitrogens with one attached hydrogen (secondary N) is 2. The molecule has 2 atom stereocenters. The van der Waals surface area contributed by atoms with Crippen molar-refractivity contribution in [3.8, 4) is 6.01 Å². The molecule has 12 heteroatoms. The summed E-state index contributed by atoms with van der Waals surface area (Å²) in [6, 6.07) is 9.03. The fraction of sp³-hybridized carbons (Fsp3) is 0.516. The standard InChI is InChI=1S/C31H40ClN7O4/c1-19(2)37-15-13-23(14-16-37)34-31(42)43-30-36-28-24(29(41)39-20(3)7-5-8-21(39)4)9-6-10-25(28)38(30)18-27(40)35-26-12-11-22(32)17-33-26/h6,9-12,17,19-21,23H,5,7-8,13-16,18H2,1-4H3,(H,34,42)(H,33,35,40). The van der Waals surface area contributed by atoms with Gasteiger partial charge in [0.2, 0.25) is 5.91 Å². The molecule has 2 aromatic heterocycles. The van der Waals surface area contributed by atoms with Gasteiger partial charge in [-0.2, -0.15) is 4.98 Å². The van der Waals surface area contributed by atoms with Crippen molar-refractivity contribution in [2.45, 2.75) is 90.5 Å². The van der Waals surface area contributed by atoms with Gasteiger partial charge in [-0.3, -0.25) is 14.2 Å². The topological polar surface area (TPSA) is 122 Å². The number of hydrogen-bond donors (Lipinski definition) is 2. The van der Waals surface area contributed by atoms with Crippen LogP contribution in [0.3, 0.4) is 0 Å². The minimum absolute atomic E-state index is 0.0289. The fourth-order valence-corrected chi connectivity index (χ4v) is 6.22. The van der Waals surface area contributed by atoms with Gasteiger partial charge in [0, 0.05) is 43.5 Å². The average Bonchev–Trinajstić information content (AvgIpc) is 3.30. The molecule has 2 unspecified atom stereocenters. The molecule has 5 rings (SSSR count). The van der Waals surface area contributed by atoms with E-state index < -0.39 is 12.0 Å². The van der Waals surface area contributed by atoms with Crippen molar-refractivity contribution < 1.29 is 19.1 Å². The summed E-state index contributed by atoms with van der Waals surface area (Å²) in [4.78, 5) is 53.1. The Kier molecular flexibility index (Phi) is 9.51. The van der Waals surface area contributed by atoms with Crippen LogP contribution >= 0.6 is 11.6 Å². The zero-order valence-electron chi connectivity index (χ0n) is 25.2. The van der Waals surface area contributed by atoms with Crippen LogP contribution in [0.25, 0.3) is 11.0 Å². The molecule has 11 nitrogen and oxygen atoms in total. The minimum Gasteiger partial charge on any atom is -0.375 e. The Morgan fingerprint density at radius 2 is 1.77 bits per heavy atom. The highest BCUT2D eigenvalue weighted by molar-refractivity contribution is 6.30. The van der Waals surface area contributed by atoms with Gasteiger partial charge in [0.1, 0.15) is 17.9 Å². The Bertz CT molecular complexity index is 1460. The van der Waals surface area contributed by atoms with Crippen LogP contribution in [0.15, 0.2) is 36.5 Å². The molecule has 2 aliphatic rings. The Hall–Kier alpha value is -3.70. The molecule has 43 heavy (non-hydrogen) atoms. The van der Waals surface area contributed by atoms with E-state index in [-0.39, 0.29) is 36.6 Å². The molecule has 0 aliphatic carbocycles. The van der Waals surface area contributed by atoms with Crippen LogP contribution in [-0.2, 0) is 11.3 Å². The molecular weight excluding hydrogens is 570 g/mol. The Balaban J connectivity index is 1.42. The number of carbonyl (C=O) groups excluding carboxylic acids is 3. The SMILES string of the molecule is CC(C)N1CCC(NC(=O)Oc2nc3c(C(=O)N4C(C)CCCC4C)cccc3n2CC(=O)Nc2ccc(Cl)cn2)CC1. The zero-order valence-corrected chi connectivity index (χ0v) is 25.9. The number of piperidine rings is 2. The van der Waals surface area contributed by atoms with Crippen molar-refractivity contribution in [1.82, 2.24) is 29.7 Å². The summed E-state index contributed by atoms with van der Waals surface area (Å²) in [5.74, 6) is -0.205. The molecule has 0 radical (unpaired) electrons. The number of aromatic nitrogens is 3. The summed E-state index contributed by atoms with van der Waals surface area (Å²) in [5, 5.41) is 6.15. The van der Waals surface area contributed by atoms with Crippen LogP contribution in [0.1, 0.15) is 70.2 Å². The number of nitrogens with zero attached hydrogens (tertiary/aromatic N) is 5.